The average molecular weight is 184 g/mol. The third kappa shape index (κ3) is 7.57. The first-order valence-corrected chi connectivity index (χ1v) is 4.74. The molecule has 0 saturated heterocycles. The average Bonchev–Trinajstić information content (AvgIpc) is 1.99. The lowest BCUT2D eigenvalue weighted by molar-refractivity contribution is -0.145. The van der Waals surface area contributed by atoms with Gasteiger partial charge < -0.3 is 4.74 Å². The first-order valence-electron chi connectivity index (χ1n) is 4.74. The number of hydrogen-bond acceptors (Lipinski definition) is 2. The number of carbonyl (C=O) groups is 1. The van der Waals surface area contributed by atoms with E-state index in [0.717, 1.165) is 0 Å². The highest BCUT2D eigenvalue weighted by Crippen LogP contribution is 2.15. The van der Waals surface area contributed by atoms with Crippen molar-refractivity contribution >= 4 is 5.97 Å². The lowest BCUT2D eigenvalue weighted by Gasteiger charge is -2.13. The zero-order valence-corrected chi connectivity index (χ0v) is 9.26. The Morgan fingerprint density at radius 3 is 2.38 bits per heavy atom. The number of carbonyl (C=O) groups excluding carboxylic acids is 1. The second kappa shape index (κ2) is 5.05. The molecule has 0 N–H and O–H groups in total. The van der Waals surface area contributed by atoms with Crippen LogP contribution >= 0.6 is 0 Å². The van der Waals surface area contributed by atoms with Crippen molar-refractivity contribution in [2.45, 2.75) is 47.1 Å². The minimum atomic E-state index is -0.147. The third-order valence-electron chi connectivity index (χ3n) is 1.47. The summed E-state index contributed by atoms with van der Waals surface area (Å²) in [6.45, 7) is 9.99. The lowest BCUT2D eigenvalue weighted by Crippen LogP contribution is -2.12. The summed E-state index contributed by atoms with van der Waals surface area (Å²) in [4.78, 5) is 10.9. The first kappa shape index (κ1) is 12.2. The Kier molecular flexibility index (Phi) is 4.74. The van der Waals surface area contributed by atoms with Crippen LogP contribution in [0.15, 0.2) is 12.2 Å². The second-order valence-corrected chi connectivity index (χ2v) is 4.27. The fraction of sp³-hybridized carbons (Fsp3) is 0.727. The van der Waals surface area contributed by atoms with Crippen LogP contribution in [0.5, 0.6) is 0 Å². The van der Waals surface area contributed by atoms with Crippen molar-refractivity contribution in [2.24, 2.45) is 5.41 Å². The standard InChI is InChI=1S/C11H20O2/c1-6-10(12)13-9(2)7-8-11(3,4)5/h7-9H,6H2,1-5H3/b8-7-. The summed E-state index contributed by atoms with van der Waals surface area (Å²) in [5, 5.41) is 0. The summed E-state index contributed by atoms with van der Waals surface area (Å²) < 4.78 is 5.07. The summed E-state index contributed by atoms with van der Waals surface area (Å²) in [6.07, 6.45) is 4.30. The Bertz CT molecular complexity index is 187. The number of ether oxygens (including phenoxy) is 1. The monoisotopic (exact) mass is 184 g/mol. The second-order valence-electron chi connectivity index (χ2n) is 4.27. The molecule has 1 atom stereocenters. The molecule has 0 aliphatic carbocycles. The highest BCUT2D eigenvalue weighted by Gasteiger charge is 2.07. The highest BCUT2D eigenvalue weighted by molar-refractivity contribution is 5.69. The van der Waals surface area contributed by atoms with Crippen LogP contribution in [0.4, 0.5) is 0 Å². The van der Waals surface area contributed by atoms with Crippen molar-refractivity contribution in [1.82, 2.24) is 0 Å². The third-order valence-corrected chi connectivity index (χ3v) is 1.47. The van der Waals surface area contributed by atoms with Crippen molar-refractivity contribution in [3.8, 4) is 0 Å². The molecule has 0 bridgehead atoms. The van der Waals surface area contributed by atoms with Gasteiger partial charge in [0.15, 0.2) is 0 Å². The van der Waals surface area contributed by atoms with Crippen LogP contribution in [0.3, 0.4) is 0 Å². The van der Waals surface area contributed by atoms with Crippen molar-refractivity contribution in [3.63, 3.8) is 0 Å². The van der Waals surface area contributed by atoms with Gasteiger partial charge in [-0.05, 0) is 18.4 Å². The molecule has 13 heavy (non-hydrogen) atoms. The Hall–Kier alpha value is -0.790. The summed E-state index contributed by atoms with van der Waals surface area (Å²) in [5.41, 5.74) is 0.146. The Morgan fingerprint density at radius 1 is 1.46 bits per heavy atom. The van der Waals surface area contributed by atoms with Gasteiger partial charge in [-0.3, -0.25) is 4.79 Å². The number of rotatable bonds is 3. The topological polar surface area (TPSA) is 26.3 Å². The van der Waals surface area contributed by atoms with Gasteiger partial charge in [0.25, 0.3) is 0 Å². The van der Waals surface area contributed by atoms with Gasteiger partial charge in [0, 0.05) is 6.42 Å². The van der Waals surface area contributed by atoms with Gasteiger partial charge in [-0.25, -0.2) is 0 Å². The predicted octanol–water partition coefficient (Wildman–Crippen LogP) is 2.93. The molecule has 0 aromatic rings. The molecule has 0 aliphatic heterocycles. The summed E-state index contributed by atoms with van der Waals surface area (Å²) in [6, 6.07) is 0. The number of hydrogen-bond donors (Lipinski definition) is 0. The molecule has 0 heterocycles. The molecular weight excluding hydrogens is 164 g/mol. The Morgan fingerprint density at radius 2 is 2.00 bits per heavy atom. The molecule has 0 amide bonds. The van der Waals surface area contributed by atoms with E-state index in [1.165, 1.54) is 0 Å². The molecule has 2 nitrogen and oxygen atoms in total. The van der Waals surface area contributed by atoms with Gasteiger partial charge in [0.05, 0.1) is 0 Å². The maximum absolute atomic E-state index is 10.9. The number of allylic oxidation sites excluding steroid dienone is 1. The molecule has 0 saturated carbocycles. The maximum Gasteiger partial charge on any atom is 0.306 e. The van der Waals surface area contributed by atoms with Crippen LogP contribution in [0, 0.1) is 5.41 Å². The zero-order chi connectivity index (χ0) is 10.5. The summed E-state index contributed by atoms with van der Waals surface area (Å²) >= 11 is 0. The van der Waals surface area contributed by atoms with Crippen LogP contribution in [-0.4, -0.2) is 12.1 Å². The van der Waals surface area contributed by atoms with E-state index in [4.69, 9.17) is 4.74 Å². The lowest BCUT2D eigenvalue weighted by atomic mass is 9.96. The molecule has 0 aliphatic rings. The van der Waals surface area contributed by atoms with E-state index in [2.05, 4.69) is 26.8 Å². The molecule has 76 valence electrons. The van der Waals surface area contributed by atoms with Crippen LogP contribution < -0.4 is 0 Å². The molecule has 1 unspecified atom stereocenters. The smallest absolute Gasteiger partial charge is 0.306 e. The number of esters is 1. The van der Waals surface area contributed by atoms with Crippen molar-refractivity contribution in [1.29, 1.82) is 0 Å². The molecule has 0 radical (unpaired) electrons. The van der Waals surface area contributed by atoms with E-state index in [9.17, 15) is 4.79 Å². The van der Waals surface area contributed by atoms with Gasteiger partial charge in [-0.2, -0.15) is 0 Å². The normalized spacial score (nSPS) is 14.5. The summed E-state index contributed by atoms with van der Waals surface area (Å²) in [7, 11) is 0. The van der Waals surface area contributed by atoms with Gasteiger partial charge >= 0.3 is 5.97 Å². The van der Waals surface area contributed by atoms with Gasteiger partial charge in [-0.15, -0.1) is 0 Å². The molecule has 0 fully saturated rings. The van der Waals surface area contributed by atoms with E-state index in [1.54, 1.807) is 6.92 Å². The van der Waals surface area contributed by atoms with Gasteiger partial charge in [0.2, 0.25) is 0 Å². The SMILES string of the molecule is CCC(=O)OC(C)/C=C\C(C)(C)C. The largest absolute Gasteiger partial charge is 0.458 e. The minimum Gasteiger partial charge on any atom is -0.458 e. The zero-order valence-electron chi connectivity index (χ0n) is 9.26. The van der Waals surface area contributed by atoms with Crippen LogP contribution in [-0.2, 0) is 9.53 Å². The van der Waals surface area contributed by atoms with E-state index < -0.39 is 0 Å². The highest BCUT2D eigenvalue weighted by atomic mass is 16.5. The van der Waals surface area contributed by atoms with Crippen LogP contribution in [0.1, 0.15) is 41.0 Å². The van der Waals surface area contributed by atoms with Crippen LogP contribution in [0.25, 0.3) is 0 Å². The quantitative estimate of drug-likeness (QED) is 0.498. The molecule has 0 rings (SSSR count). The van der Waals surface area contributed by atoms with E-state index in [0.29, 0.717) is 6.42 Å². The van der Waals surface area contributed by atoms with E-state index in [-0.39, 0.29) is 17.5 Å². The van der Waals surface area contributed by atoms with Crippen molar-refractivity contribution < 1.29 is 9.53 Å². The molecule has 0 aromatic heterocycles. The predicted molar refractivity (Wildman–Crippen MR) is 54.4 cm³/mol. The van der Waals surface area contributed by atoms with Gasteiger partial charge in [0.1, 0.15) is 6.10 Å². The van der Waals surface area contributed by atoms with E-state index in [1.807, 2.05) is 13.0 Å². The molecule has 0 aromatic carbocycles. The first-order chi connectivity index (χ1) is 5.85. The Labute approximate surface area is 81.0 Å². The van der Waals surface area contributed by atoms with Crippen molar-refractivity contribution in [2.75, 3.05) is 0 Å². The minimum absolute atomic E-state index is 0.119. The van der Waals surface area contributed by atoms with Crippen LogP contribution in [0.2, 0.25) is 0 Å². The van der Waals surface area contributed by atoms with Crippen molar-refractivity contribution in [3.05, 3.63) is 12.2 Å². The fourth-order valence-corrected chi connectivity index (χ4v) is 0.754. The molecule has 2 heteroatoms. The molecular formula is C11H20O2. The fourth-order valence-electron chi connectivity index (χ4n) is 0.754. The Balaban J connectivity index is 3.94. The molecule has 0 spiro atoms. The van der Waals surface area contributed by atoms with Gasteiger partial charge in [-0.1, -0.05) is 33.8 Å². The van der Waals surface area contributed by atoms with E-state index >= 15 is 0 Å². The maximum atomic E-state index is 10.9. The summed E-state index contributed by atoms with van der Waals surface area (Å²) in [5.74, 6) is -0.147.